The molecule has 0 radical (unpaired) electrons. The normalized spacial score (nSPS) is 12.4. The monoisotopic (exact) mass is 232 g/mol. The van der Waals surface area contributed by atoms with Crippen molar-refractivity contribution in [2.45, 2.75) is 20.0 Å². The van der Waals surface area contributed by atoms with Crippen molar-refractivity contribution < 1.29 is 14.6 Å². The second-order valence-corrected chi connectivity index (χ2v) is 3.73. The summed E-state index contributed by atoms with van der Waals surface area (Å²) in [5, 5.41) is 18.3. The van der Waals surface area contributed by atoms with Crippen LogP contribution in [0.2, 0.25) is 0 Å². The Morgan fingerprint density at radius 1 is 1.29 bits per heavy atom. The van der Waals surface area contributed by atoms with Gasteiger partial charge in [0.2, 0.25) is 5.88 Å². The first kappa shape index (κ1) is 11.3. The average Bonchev–Trinajstić information content (AvgIpc) is 2.33. The van der Waals surface area contributed by atoms with E-state index in [0.29, 0.717) is 0 Å². The van der Waals surface area contributed by atoms with E-state index in [-0.39, 0.29) is 5.88 Å². The highest BCUT2D eigenvalue weighted by Crippen LogP contribution is 2.24. The van der Waals surface area contributed by atoms with Gasteiger partial charge in [-0.3, -0.25) is 0 Å². The summed E-state index contributed by atoms with van der Waals surface area (Å²) in [5.74, 6) is -0.780. The zero-order valence-corrected chi connectivity index (χ0v) is 9.54. The quantitative estimate of drug-likeness (QED) is 0.873. The Bertz CT molecular complexity index is 569. The van der Waals surface area contributed by atoms with Crippen molar-refractivity contribution in [1.29, 1.82) is 0 Å². The molecule has 88 valence electrons. The predicted octanol–water partition coefficient (Wildman–Crippen LogP) is 1.79. The van der Waals surface area contributed by atoms with Gasteiger partial charge in [0.1, 0.15) is 0 Å². The van der Waals surface area contributed by atoms with Gasteiger partial charge < -0.3 is 9.84 Å². The van der Waals surface area contributed by atoms with Gasteiger partial charge in [0, 0.05) is 10.8 Å². The fourth-order valence-electron chi connectivity index (χ4n) is 1.52. The van der Waals surface area contributed by atoms with E-state index in [0.717, 1.165) is 16.5 Å². The molecule has 0 fully saturated rings. The molecule has 1 N–H and O–H groups in total. The molecule has 0 spiro atoms. The molecule has 5 nitrogen and oxygen atoms in total. The highest BCUT2D eigenvalue weighted by Gasteiger charge is 2.16. The van der Waals surface area contributed by atoms with Gasteiger partial charge in [0.15, 0.2) is 6.10 Å². The molecule has 1 aromatic heterocycles. The third kappa shape index (κ3) is 2.18. The number of rotatable bonds is 3. The molecular formula is C12H12N2O3. The molecule has 0 aliphatic rings. The van der Waals surface area contributed by atoms with Crippen LogP contribution < -0.4 is 4.74 Å². The molecular weight excluding hydrogens is 220 g/mol. The molecule has 0 saturated carbocycles. The molecule has 5 heteroatoms. The van der Waals surface area contributed by atoms with Crippen LogP contribution in [0.5, 0.6) is 5.88 Å². The standard InChI is InChI=1S/C12H12N2O3/c1-7-9-5-3-4-6-10(9)11(14-13-7)17-8(2)12(15)16/h3-6,8H,1-2H3,(H,15,16). The molecule has 0 saturated heterocycles. The van der Waals surface area contributed by atoms with Gasteiger partial charge in [0.05, 0.1) is 5.69 Å². The Morgan fingerprint density at radius 2 is 1.94 bits per heavy atom. The second kappa shape index (κ2) is 4.37. The van der Waals surface area contributed by atoms with Crippen LogP contribution in [0.15, 0.2) is 24.3 Å². The highest BCUT2D eigenvalue weighted by molar-refractivity contribution is 5.88. The first-order valence-corrected chi connectivity index (χ1v) is 5.21. The minimum atomic E-state index is -1.03. The second-order valence-electron chi connectivity index (χ2n) is 3.73. The maximum atomic E-state index is 10.7. The van der Waals surface area contributed by atoms with E-state index in [1.165, 1.54) is 6.92 Å². The highest BCUT2D eigenvalue weighted by atomic mass is 16.5. The summed E-state index contributed by atoms with van der Waals surface area (Å²) in [7, 11) is 0. The summed E-state index contributed by atoms with van der Waals surface area (Å²) in [6.45, 7) is 3.30. The van der Waals surface area contributed by atoms with E-state index < -0.39 is 12.1 Å². The molecule has 0 bridgehead atoms. The number of aliphatic carboxylic acids is 1. The van der Waals surface area contributed by atoms with Gasteiger partial charge in [-0.15, -0.1) is 5.10 Å². The summed E-state index contributed by atoms with van der Waals surface area (Å²) in [5.41, 5.74) is 0.788. The van der Waals surface area contributed by atoms with E-state index in [1.54, 1.807) is 0 Å². The summed E-state index contributed by atoms with van der Waals surface area (Å²) in [6, 6.07) is 7.47. The molecule has 1 heterocycles. The molecule has 1 aromatic carbocycles. The van der Waals surface area contributed by atoms with E-state index in [4.69, 9.17) is 9.84 Å². The van der Waals surface area contributed by atoms with Crippen molar-refractivity contribution in [3.63, 3.8) is 0 Å². The number of ether oxygens (including phenoxy) is 1. The maximum Gasteiger partial charge on any atom is 0.344 e. The number of aryl methyl sites for hydroxylation is 1. The van der Waals surface area contributed by atoms with Gasteiger partial charge in [-0.05, 0) is 19.9 Å². The Kier molecular flexibility index (Phi) is 2.91. The van der Waals surface area contributed by atoms with Crippen LogP contribution in [0, 0.1) is 6.92 Å². The SMILES string of the molecule is Cc1nnc(OC(C)C(=O)O)c2ccccc12. The number of carboxylic acid groups (broad SMARTS) is 1. The Balaban J connectivity index is 2.48. The van der Waals surface area contributed by atoms with Gasteiger partial charge in [-0.25, -0.2) is 4.79 Å². The van der Waals surface area contributed by atoms with Gasteiger partial charge in [-0.1, -0.05) is 18.2 Å². The summed E-state index contributed by atoms with van der Waals surface area (Å²) in [6.07, 6.45) is -0.949. The molecule has 1 atom stereocenters. The third-order valence-corrected chi connectivity index (χ3v) is 2.47. The van der Waals surface area contributed by atoms with Crippen LogP contribution in [0.4, 0.5) is 0 Å². The first-order chi connectivity index (χ1) is 8.09. The third-order valence-electron chi connectivity index (χ3n) is 2.47. The number of carbonyl (C=O) groups is 1. The Hall–Kier alpha value is -2.17. The number of nitrogens with zero attached hydrogens (tertiary/aromatic N) is 2. The van der Waals surface area contributed by atoms with E-state index in [9.17, 15) is 4.79 Å². The number of benzene rings is 1. The molecule has 1 unspecified atom stereocenters. The number of fused-ring (bicyclic) bond motifs is 1. The molecule has 17 heavy (non-hydrogen) atoms. The van der Waals surface area contributed by atoms with Crippen molar-refractivity contribution in [2.75, 3.05) is 0 Å². The average molecular weight is 232 g/mol. The van der Waals surface area contributed by atoms with Crippen molar-refractivity contribution >= 4 is 16.7 Å². The summed E-state index contributed by atoms with van der Waals surface area (Å²) in [4.78, 5) is 10.7. The fourth-order valence-corrected chi connectivity index (χ4v) is 1.52. The maximum absolute atomic E-state index is 10.7. The van der Waals surface area contributed by atoms with Crippen molar-refractivity contribution in [3.8, 4) is 5.88 Å². The van der Waals surface area contributed by atoms with Crippen LogP contribution in [0.3, 0.4) is 0 Å². The van der Waals surface area contributed by atoms with Crippen LogP contribution in [-0.4, -0.2) is 27.4 Å². The molecule has 2 aromatic rings. The van der Waals surface area contributed by atoms with Crippen LogP contribution >= 0.6 is 0 Å². The number of carboxylic acids is 1. The van der Waals surface area contributed by atoms with Gasteiger partial charge >= 0.3 is 5.97 Å². The summed E-state index contributed by atoms with van der Waals surface area (Å²) >= 11 is 0. The van der Waals surface area contributed by atoms with Crippen LogP contribution in [0.1, 0.15) is 12.6 Å². The topological polar surface area (TPSA) is 72.3 Å². The molecule has 0 aliphatic carbocycles. The lowest BCUT2D eigenvalue weighted by Crippen LogP contribution is -2.23. The number of aromatic nitrogens is 2. The minimum absolute atomic E-state index is 0.251. The molecule has 2 rings (SSSR count). The minimum Gasteiger partial charge on any atom is -0.479 e. The summed E-state index contributed by atoms with van der Waals surface area (Å²) < 4.78 is 5.27. The van der Waals surface area contributed by atoms with Gasteiger partial charge in [-0.2, -0.15) is 5.10 Å². The van der Waals surface area contributed by atoms with E-state index >= 15 is 0 Å². The zero-order chi connectivity index (χ0) is 12.4. The van der Waals surface area contributed by atoms with Crippen LogP contribution in [-0.2, 0) is 4.79 Å². The lowest BCUT2D eigenvalue weighted by molar-refractivity contribution is -0.144. The van der Waals surface area contributed by atoms with Crippen molar-refractivity contribution in [3.05, 3.63) is 30.0 Å². The fraction of sp³-hybridized carbons (Fsp3) is 0.250. The zero-order valence-electron chi connectivity index (χ0n) is 9.54. The smallest absolute Gasteiger partial charge is 0.344 e. The van der Waals surface area contributed by atoms with Crippen molar-refractivity contribution in [1.82, 2.24) is 10.2 Å². The van der Waals surface area contributed by atoms with E-state index in [2.05, 4.69) is 10.2 Å². The van der Waals surface area contributed by atoms with E-state index in [1.807, 2.05) is 31.2 Å². The lowest BCUT2D eigenvalue weighted by atomic mass is 10.1. The van der Waals surface area contributed by atoms with Crippen LogP contribution in [0.25, 0.3) is 10.8 Å². The predicted molar refractivity (Wildman–Crippen MR) is 62.0 cm³/mol. The molecule has 0 amide bonds. The number of hydrogen-bond donors (Lipinski definition) is 1. The van der Waals surface area contributed by atoms with Crippen molar-refractivity contribution in [2.24, 2.45) is 0 Å². The Labute approximate surface area is 98.0 Å². The largest absolute Gasteiger partial charge is 0.479 e. The Morgan fingerprint density at radius 3 is 2.59 bits per heavy atom. The van der Waals surface area contributed by atoms with Gasteiger partial charge in [0.25, 0.3) is 0 Å². The first-order valence-electron chi connectivity index (χ1n) is 5.21. The molecule has 0 aliphatic heterocycles. The lowest BCUT2D eigenvalue weighted by Gasteiger charge is -2.11. The number of hydrogen-bond acceptors (Lipinski definition) is 4.